The zero-order valence-electron chi connectivity index (χ0n) is 12.9. The molecule has 3 atom stereocenters. The van der Waals surface area contributed by atoms with Gasteiger partial charge in [-0.05, 0) is 47.1 Å². The van der Waals surface area contributed by atoms with Crippen molar-refractivity contribution in [2.45, 2.75) is 51.5 Å². The fraction of sp³-hybridized carbons (Fsp3) is 0.688. The Labute approximate surface area is 126 Å². The fourth-order valence-corrected chi connectivity index (χ4v) is 3.66. The van der Waals surface area contributed by atoms with Crippen LogP contribution in [0.1, 0.15) is 51.0 Å². The van der Waals surface area contributed by atoms with Gasteiger partial charge in [0.15, 0.2) is 5.96 Å². The normalized spacial score (nSPS) is 25.2. The summed E-state index contributed by atoms with van der Waals surface area (Å²) >= 11 is 1.76. The number of guanidine groups is 1. The molecule has 0 aliphatic heterocycles. The lowest BCUT2D eigenvalue weighted by atomic mass is 9.87. The number of hydrogen-bond donors (Lipinski definition) is 2. The highest BCUT2D eigenvalue weighted by atomic mass is 32.1. The van der Waals surface area contributed by atoms with Gasteiger partial charge in [0.1, 0.15) is 0 Å². The van der Waals surface area contributed by atoms with Crippen molar-refractivity contribution in [3.8, 4) is 0 Å². The Bertz CT molecular complexity index is 413. The highest BCUT2D eigenvalue weighted by Gasteiger charge is 2.19. The van der Waals surface area contributed by atoms with Crippen LogP contribution in [0.25, 0.3) is 0 Å². The summed E-state index contributed by atoms with van der Waals surface area (Å²) in [4.78, 5) is 4.36. The molecule has 2 rings (SSSR count). The summed E-state index contributed by atoms with van der Waals surface area (Å²) in [5.74, 6) is 2.31. The first-order valence-corrected chi connectivity index (χ1v) is 8.62. The van der Waals surface area contributed by atoms with Gasteiger partial charge in [0, 0.05) is 19.6 Å². The van der Waals surface area contributed by atoms with Crippen LogP contribution in [0.15, 0.2) is 21.8 Å². The molecular weight excluding hydrogens is 266 g/mol. The van der Waals surface area contributed by atoms with E-state index in [9.17, 15) is 0 Å². The average Bonchev–Trinajstić information content (AvgIpc) is 2.97. The molecular formula is C16H27N3S. The van der Waals surface area contributed by atoms with Gasteiger partial charge in [-0.25, -0.2) is 0 Å². The van der Waals surface area contributed by atoms with E-state index < -0.39 is 0 Å². The maximum atomic E-state index is 4.36. The first-order valence-electron chi connectivity index (χ1n) is 7.68. The Morgan fingerprint density at radius 3 is 3.00 bits per heavy atom. The molecule has 1 aliphatic carbocycles. The summed E-state index contributed by atoms with van der Waals surface area (Å²) in [6.45, 7) is 5.53. The molecule has 1 aliphatic rings. The van der Waals surface area contributed by atoms with Crippen LogP contribution in [0, 0.1) is 5.92 Å². The SMILES string of the molecule is CN=C(NCC(C)c1ccsc1)NC1CCCC(C)C1. The van der Waals surface area contributed by atoms with E-state index in [0.29, 0.717) is 12.0 Å². The lowest BCUT2D eigenvalue weighted by Crippen LogP contribution is -2.45. The van der Waals surface area contributed by atoms with E-state index in [0.717, 1.165) is 18.4 Å². The van der Waals surface area contributed by atoms with Crippen molar-refractivity contribution in [2.75, 3.05) is 13.6 Å². The van der Waals surface area contributed by atoms with Gasteiger partial charge in [-0.2, -0.15) is 11.3 Å². The van der Waals surface area contributed by atoms with Gasteiger partial charge in [-0.15, -0.1) is 0 Å². The predicted octanol–water partition coefficient (Wildman–Crippen LogP) is 3.60. The molecule has 1 heterocycles. The number of rotatable bonds is 4. The van der Waals surface area contributed by atoms with Crippen LogP contribution in [0.4, 0.5) is 0 Å². The van der Waals surface area contributed by atoms with Crippen molar-refractivity contribution in [1.82, 2.24) is 10.6 Å². The smallest absolute Gasteiger partial charge is 0.191 e. The molecule has 1 aromatic heterocycles. The summed E-state index contributed by atoms with van der Waals surface area (Å²) in [6, 6.07) is 2.79. The van der Waals surface area contributed by atoms with E-state index >= 15 is 0 Å². The van der Waals surface area contributed by atoms with E-state index in [-0.39, 0.29) is 0 Å². The Balaban J connectivity index is 1.78. The average molecular weight is 293 g/mol. The lowest BCUT2D eigenvalue weighted by Gasteiger charge is -2.29. The molecule has 0 saturated heterocycles. The second kappa shape index (κ2) is 7.67. The molecule has 1 fully saturated rings. The van der Waals surface area contributed by atoms with Gasteiger partial charge in [0.2, 0.25) is 0 Å². The Hall–Kier alpha value is -1.03. The molecule has 0 amide bonds. The molecule has 0 spiro atoms. The predicted molar refractivity (Wildman–Crippen MR) is 88.7 cm³/mol. The van der Waals surface area contributed by atoms with Gasteiger partial charge < -0.3 is 10.6 Å². The summed E-state index contributed by atoms with van der Waals surface area (Å²) in [6.07, 6.45) is 5.24. The zero-order chi connectivity index (χ0) is 14.4. The molecule has 1 saturated carbocycles. The second-order valence-corrected chi connectivity index (χ2v) is 6.80. The Kier molecular flexibility index (Phi) is 5.89. The molecule has 0 radical (unpaired) electrons. The van der Waals surface area contributed by atoms with Crippen LogP contribution in [0.3, 0.4) is 0 Å². The number of nitrogens with one attached hydrogen (secondary N) is 2. The minimum Gasteiger partial charge on any atom is -0.356 e. The summed E-state index contributed by atoms with van der Waals surface area (Å²) in [5.41, 5.74) is 1.41. The quantitative estimate of drug-likeness (QED) is 0.657. The zero-order valence-corrected chi connectivity index (χ0v) is 13.7. The third-order valence-corrected chi connectivity index (χ3v) is 4.89. The molecule has 0 bridgehead atoms. The van der Waals surface area contributed by atoms with Gasteiger partial charge in [-0.3, -0.25) is 4.99 Å². The fourth-order valence-electron chi connectivity index (χ4n) is 2.88. The molecule has 4 heteroatoms. The topological polar surface area (TPSA) is 36.4 Å². The monoisotopic (exact) mass is 293 g/mol. The van der Waals surface area contributed by atoms with E-state index in [4.69, 9.17) is 0 Å². The maximum absolute atomic E-state index is 4.36. The molecule has 1 aromatic rings. The number of hydrogen-bond acceptors (Lipinski definition) is 2. The lowest BCUT2D eigenvalue weighted by molar-refractivity contribution is 0.324. The van der Waals surface area contributed by atoms with Crippen LogP contribution in [-0.2, 0) is 0 Å². The third kappa shape index (κ3) is 4.51. The first-order chi connectivity index (χ1) is 9.69. The minimum atomic E-state index is 0.519. The van der Waals surface area contributed by atoms with Crippen molar-refractivity contribution >= 4 is 17.3 Å². The van der Waals surface area contributed by atoms with Crippen molar-refractivity contribution < 1.29 is 0 Å². The summed E-state index contributed by atoms with van der Waals surface area (Å²) in [7, 11) is 1.86. The van der Waals surface area contributed by atoms with Crippen molar-refractivity contribution in [3.05, 3.63) is 22.4 Å². The van der Waals surface area contributed by atoms with Crippen molar-refractivity contribution in [1.29, 1.82) is 0 Å². The molecule has 20 heavy (non-hydrogen) atoms. The minimum absolute atomic E-state index is 0.519. The summed E-state index contributed by atoms with van der Waals surface area (Å²) in [5, 5.41) is 11.4. The maximum Gasteiger partial charge on any atom is 0.191 e. The van der Waals surface area contributed by atoms with Gasteiger partial charge >= 0.3 is 0 Å². The number of aliphatic imine (C=N–C) groups is 1. The van der Waals surface area contributed by atoms with Crippen LogP contribution < -0.4 is 10.6 Å². The van der Waals surface area contributed by atoms with E-state index in [2.05, 4.69) is 46.3 Å². The first kappa shape index (κ1) is 15.4. The molecule has 3 unspecified atom stereocenters. The third-order valence-electron chi connectivity index (χ3n) is 4.19. The summed E-state index contributed by atoms with van der Waals surface area (Å²) < 4.78 is 0. The molecule has 0 aromatic carbocycles. The number of thiophene rings is 1. The number of nitrogens with zero attached hydrogens (tertiary/aromatic N) is 1. The van der Waals surface area contributed by atoms with Crippen molar-refractivity contribution in [3.63, 3.8) is 0 Å². The van der Waals surface area contributed by atoms with Gasteiger partial charge in [0.05, 0.1) is 0 Å². The van der Waals surface area contributed by atoms with Gasteiger partial charge in [-0.1, -0.05) is 26.7 Å². The van der Waals surface area contributed by atoms with Crippen LogP contribution in [-0.4, -0.2) is 25.6 Å². The van der Waals surface area contributed by atoms with Crippen LogP contribution in [0.5, 0.6) is 0 Å². The Morgan fingerprint density at radius 2 is 2.35 bits per heavy atom. The van der Waals surface area contributed by atoms with Crippen molar-refractivity contribution in [2.24, 2.45) is 10.9 Å². The standard InChI is InChI=1S/C16H27N3S/c1-12-5-4-6-15(9-12)19-16(17-3)18-10-13(2)14-7-8-20-11-14/h7-8,11-13,15H,4-6,9-10H2,1-3H3,(H2,17,18,19). The van der Waals surface area contributed by atoms with E-state index in [1.807, 2.05) is 7.05 Å². The molecule has 112 valence electrons. The Morgan fingerprint density at radius 1 is 1.50 bits per heavy atom. The highest BCUT2D eigenvalue weighted by molar-refractivity contribution is 7.07. The molecule has 3 nitrogen and oxygen atoms in total. The highest BCUT2D eigenvalue weighted by Crippen LogP contribution is 2.23. The molecule has 2 N–H and O–H groups in total. The van der Waals surface area contributed by atoms with E-state index in [1.165, 1.54) is 31.2 Å². The largest absolute Gasteiger partial charge is 0.356 e. The van der Waals surface area contributed by atoms with E-state index in [1.54, 1.807) is 11.3 Å². The van der Waals surface area contributed by atoms with Crippen LogP contribution in [0.2, 0.25) is 0 Å². The van der Waals surface area contributed by atoms with Crippen LogP contribution >= 0.6 is 11.3 Å². The second-order valence-electron chi connectivity index (χ2n) is 6.02. The van der Waals surface area contributed by atoms with Gasteiger partial charge in [0.25, 0.3) is 0 Å².